The van der Waals surface area contributed by atoms with Crippen molar-refractivity contribution in [2.45, 2.75) is 45.1 Å². The van der Waals surface area contributed by atoms with Crippen molar-refractivity contribution in [2.75, 3.05) is 26.9 Å². The number of nitrogens with zero attached hydrogens (tertiary/aromatic N) is 2. The van der Waals surface area contributed by atoms with Crippen molar-refractivity contribution in [3.63, 3.8) is 0 Å². The fourth-order valence-corrected chi connectivity index (χ4v) is 2.92. The normalized spacial score (nSPS) is 19.9. The van der Waals surface area contributed by atoms with Gasteiger partial charge in [-0.15, -0.1) is 0 Å². The molecule has 0 amide bonds. The van der Waals surface area contributed by atoms with E-state index in [0.717, 1.165) is 25.7 Å². The summed E-state index contributed by atoms with van der Waals surface area (Å²) in [5, 5.41) is 4.14. The summed E-state index contributed by atoms with van der Waals surface area (Å²) in [5.74, 6) is 2.29. The SMILES string of the molecule is COC1(c2noc(CC(CN)CC(C)C)n2)CCOCC1. The molecule has 0 aromatic carbocycles. The number of hydrogen-bond acceptors (Lipinski definition) is 6. The Hall–Kier alpha value is -0.980. The van der Waals surface area contributed by atoms with Crippen LogP contribution in [0.3, 0.4) is 0 Å². The van der Waals surface area contributed by atoms with Crippen molar-refractivity contribution in [2.24, 2.45) is 17.6 Å². The van der Waals surface area contributed by atoms with E-state index in [1.807, 2.05) is 0 Å². The predicted octanol–water partition coefficient (Wildman–Crippen LogP) is 1.89. The predicted molar refractivity (Wildman–Crippen MR) is 78.7 cm³/mol. The molecule has 0 saturated carbocycles. The van der Waals surface area contributed by atoms with Crippen LogP contribution < -0.4 is 5.73 Å². The third kappa shape index (κ3) is 4.02. The maximum absolute atomic E-state index is 5.84. The van der Waals surface area contributed by atoms with Crippen LogP contribution in [0.2, 0.25) is 0 Å². The van der Waals surface area contributed by atoms with Crippen LogP contribution in [0, 0.1) is 11.8 Å². The zero-order valence-corrected chi connectivity index (χ0v) is 13.3. The molecule has 0 aliphatic carbocycles. The largest absolute Gasteiger partial charge is 0.381 e. The highest BCUT2D eigenvalue weighted by Crippen LogP contribution is 2.33. The van der Waals surface area contributed by atoms with Crippen LogP contribution >= 0.6 is 0 Å². The highest BCUT2D eigenvalue weighted by Gasteiger charge is 2.39. The van der Waals surface area contributed by atoms with Gasteiger partial charge in [-0.25, -0.2) is 0 Å². The van der Waals surface area contributed by atoms with Gasteiger partial charge in [0.2, 0.25) is 11.7 Å². The first kappa shape index (κ1) is 16.4. The molecular weight excluding hydrogens is 270 g/mol. The van der Waals surface area contributed by atoms with E-state index in [1.165, 1.54) is 0 Å². The minimum absolute atomic E-state index is 0.381. The van der Waals surface area contributed by atoms with Crippen LogP contribution in [-0.2, 0) is 21.5 Å². The molecular formula is C15H27N3O3. The fourth-order valence-electron chi connectivity index (χ4n) is 2.92. The molecule has 21 heavy (non-hydrogen) atoms. The lowest BCUT2D eigenvalue weighted by atomic mass is 9.93. The minimum atomic E-state index is -0.462. The third-order valence-electron chi connectivity index (χ3n) is 4.17. The first-order chi connectivity index (χ1) is 10.1. The first-order valence-corrected chi connectivity index (χ1v) is 7.75. The first-order valence-electron chi connectivity index (χ1n) is 7.75. The average molecular weight is 297 g/mol. The Morgan fingerprint density at radius 1 is 1.33 bits per heavy atom. The van der Waals surface area contributed by atoms with Crippen LogP contribution in [0.4, 0.5) is 0 Å². The molecule has 1 aliphatic rings. The summed E-state index contributed by atoms with van der Waals surface area (Å²) < 4.78 is 16.5. The van der Waals surface area contributed by atoms with E-state index in [9.17, 15) is 0 Å². The number of hydrogen-bond donors (Lipinski definition) is 1. The Morgan fingerprint density at radius 3 is 2.62 bits per heavy atom. The Labute approximate surface area is 126 Å². The van der Waals surface area contributed by atoms with E-state index in [4.69, 9.17) is 19.7 Å². The minimum Gasteiger partial charge on any atom is -0.381 e. The lowest BCUT2D eigenvalue weighted by Crippen LogP contribution is -2.36. The van der Waals surface area contributed by atoms with E-state index < -0.39 is 5.60 Å². The Kier molecular flexibility index (Phi) is 5.72. The molecule has 2 rings (SSSR count). The number of rotatable bonds is 7. The molecule has 0 spiro atoms. The number of aromatic nitrogens is 2. The fraction of sp³-hybridized carbons (Fsp3) is 0.867. The van der Waals surface area contributed by atoms with Gasteiger partial charge in [0.1, 0.15) is 5.60 Å². The zero-order valence-electron chi connectivity index (χ0n) is 13.3. The van der Waals surface area contributed by atoms with Gasteiger partial charge in [0.25, 0.3) is 0 Å². The topological polar surface area (TPSA) is 83.4 Å². The molecule has 0 bridgehead atoms. The summed E-state index contributed by atoms with van der Waals surface area (Å²) in [7, 11) is 1.70. The van der Waals surface area contributed by atoms with Crippen LogP contribution in [-0.4, -0.2) is 37.0 Å². The van der Waals surface area contributed by atoms with Gasteiger partial charge in [0.05, 0.1) is 0 Å². The quantitative estimate of drug-likeness (QED) is 0.827. The van der Waals surface area contributed by atoms with E-state index in [2.05, 4.69) is 24.0 Å². The van der Waals surface area contributed by atoms with E-state index in [0.29, 0.717) is 43.3 Å². The summed E-state index contributed by atoms with van der Waals surface area (Å²) in [5.41, 5.74) is 5.38. The summed E-state index contributed by atoms with van der Waals surface area (Å²) in [6.45, 7) is 6.36. The van der Waals surface area contributed by atoms with Gasteiger partial charge in [-0.1, -0.05) is 19.0 Å². The van der Waals surface area contributed by atoms with E-state index >= 15 is 0 Å². The lowest BCUT2D eigenvalue weighted by molar-refractivity contribution is -0.101. The molecule has 2 N–H and O–H groups in total. The second kappa shape index (κ2) is 7.33. The van der Waals surface area contributed by atoms with Crippen LogP contribution in [0.5, 0.6) is 0 Å². The molecule has 6 nitrogen and oxygen atoms in total. The van der Waals surface area contributed by atoms with Gasteiger partial charge in [-0.2, -0.15) is 4.98 Å². The van der Waals surface area contributed by atoms with Crippen molar-refractivity contribution in [3.05, 3.63) is 11.7 Å². The lowest BCUT2D eigenvalue weighted by Gasteiger charge is -2.32. The summed E-state index contributed by atoms with van der Waals surface area (Å²) in [6, 6.07) is 0. The monoisotopic (exact) mass is 297 g/mol. The van der Waals surface area contributed by atoms with Gasteiger partial charge in [-0.3, -0.25) is 0 Å². The third-order valence-corrected chi connectivity index (χ3v) is 4.17. The molecule has 1 atom stereocenters. The second-order valence-electron chi connectivity index (χ2n) is 6.26. The summed E-state index contributed by atoms with van der Waals surface area (Å²) >= 11 is 0. The van der Waals surface area contributed by atoms with Gasteiger partial charge in [-0.05, 0) is 24.8 Å². The highest BCUT2D eigenvalue weighted by atomic mass is 16.5. The Balaban J connectivity index is 2.06. The smallest absolute Gasteiger partial charge is 0.227 e. The van der Waals surface area contributed by atoms with E-state index in [-0.39, 0.29) is 0 Å². The van der Waals surface area contributed by atoms with Gasteiger partial charge in [0.15, 0.2) is 0 Å². The van der Waals surface area contributed by atoms with Crippen LogP contribution in [0.1, 0.15) is 44.8 Å². The van der Waals surface area contributed by atoms with Gasteiger partial charge >= 0.3 is 0 Å². The van der Waals surface area contributed by atoms with Crippen molar-refractivity contribution >= 4 is 0 Å². The highest BCUT2D eigenvalue weighted by molar-refractivity contribution is 5.03. The molecule has 6 heteroatoms. The summed E-state index contributed by atoms with van der Waals surface area (Å²) in [4.78, 5) is 4.56. The van der Waals surface area contributed by atoms with Crippen molar-refractivity contribution in [1.82, 2.24) is 10.1 Å². The number of methoxy groups -OCH3 is 1. The molecule has 1 saturated heterocycles. The second-order valence-corrected chi connectivity index (χ2v) is 6.26. The van der Waals surface area contributed by atoms with Gasteiger partial charge < -0.3 is 19.7 Å². The zero-order chi connectivity index (χ0) is 15.3. The van der Waals surface area contributed by atoms with E-state index in [1.54, 1.807) is 7.11 Å². The molecule has 1 aromatic rings. The maximum Gasteiger partial charge on any atom is 0.227 e. The van der Waals surface area contributed by atoms with Gasteiger partial charge in [0, 0.05) is 39.6 Å². The number of nitrogens with two attached hydrogens (primary N) is 1. The van der Waals surface area contributed by atoms with Crippen molar-refractivity contribution in [1.29, 1.82) is 0 Å². The maximum atomic E-state index is 5.84. The van der Waals surface area contributed by atoms with Crippen LogP contribution in [0.25, 0.3) is 0 Å². The Bertz CT molecular complexity index is 428. The Morgan fingerprint density at radius 2 is 2.05 bits per heavy atom. The van der Waals surface area contributed by atoms with Crippen molar-refractivity contribution in [3.8, 4) is 0 Å². The molecule has 1 aliphatic heterocycles. The standard InChI is InChI=1S/C15H27N3O3/c1-11(2)8-12(10-16)9-13-17-14(18-21-13)15(19-3)4-6-20-7-5-15/h11-12H,4-10,16H2,1-3H3. The number of ether oxygens (including phenoxy) is 2. The molecule has 1 unspecified atom stereocenters. The van der Waals surface area contributed by atoms with Crippen LogP contribution in [0.15, 0.2) is 4.52 Å². The molecule has 1 aromatic heterocycles. The average Bonchev–Trinajstić information content (AvgIpc) is 2.96. The molecule has 0 radical (unpaired) electrons. The molecule has 120 valence electrons. The molecule has 1 fully saturated rings. The van der Waals surface area contributed by atoms with Crippen molar-refractivity contribution < 1.29 is 14.0 Å². The summed E-state index contributed by atoms with van der Waals surface area (Å²) in [6.07, 6.45) is 3.32. The molecule has 2 heterocycles.